The molecule has 0 heterocycles. The molecular formula is C13H20N2O. The van der Waals surface area contributed by atoms with Gasteiger partial charge in [-0.1, -0.05) is 44.2 Å². The Hall–Kier alpha value is -1.35. The second-order valence-corrected chi connectivity index (χ2v) is 4.41. The Labute approximate surface area is 97.0 Å². The van der Waals surface area contributed by atoms with E-state index in [1.165, 1.54) is 0 Å². The molecule has 0 unspecified atom stereocenters. The molecule has 0 radical (unpaired) electrons. The van der Waals surface area contributed by atoms with Crippen LogP contribution in [0.1, 0.15) is 32.4 Å². The van der Waals surface area contributed by atoms with Crippen LogP contribution in [0.5, 0.6) is 0 Å². The van der Waals surface area contributed by atoms with Gasteiger partial charge in [0.25, 0.3) is 0 Å². The summed E-state index contributed by atoms with van der Waals surface area (Å²) in [4.78, 5) is 11.7. The smallest absolute Gasteiger partial charge is 0.237 e. The predicted molar refractivity (Wildman–Crippen MR) is 65.8 cm³/mol. The number of benzene rings is 1. The van der Waals surface area contributed by atoms with E-state index in [1.807, 2.05) is 51.1 Å². The molecule has 0 spiro atoms. The molecule has 1 aromatic rings. The number of amides is 1. The minimum atomic E-state index is -0.439. The van der Waals surface area contributed by atoms with E-state index in [2.05, 4.69) is 5.32 Å². The van der Waals surface area contributed by atoms with E-state index in [9.17, 15) is 4.79 Å². The van der Waals surface area contributed by atoms with Crippen LogP contribution >= 0.6 is 0 Å². The van der Waals surface area contributed by atoms with Crippen molar-refractivity contribution in [3.63, 3.8) is 0 Å². The Balaban J connectivity index is 2.58. The third-order valence-electron chi connectivity index (χ3n) is 2.68. The molecule has 0 saturated carbocycles. The molecule has 0 aliphatic carbocycles. The largest absolute Gasteiger partial charge is 0.348 e. The van der Waals surface area contributed by atoms with Gasteiger partial charge >= 0.3 is 0 Å². The first kappa shape index (κ1) is 12.7. The van der Waals surface area contributed by atoms with Gasteiger partial charge in [-0.05, 0) is 18.4 Å². The van der Waals surface area contributed by atoms with Crippen molar-refractivity contribution in [3.8, 4) is 0 Å². The Morgan fingerprint density at radius 2 is 1.75 bits per heavy atom. The topological polar surface area (TPSA) is 55.1 Å². The number of nitrogens with one attached hydrogen (secondary N) is 1. The minimum Gasteiger partial charge on any atom is -0.348 e. The summed E-state index contributed by atoms with van der Waals surface area (Å²) in [7, 11) is 0. The number of carbonyl (C=O) groups is 1. The summed E-state index contributed by atoms with van der Waals surface area (Å²) in [6, 6.07) is 9.42. The molecule has 0 aromatic heterocycles. The third kappa shape index (κ3) is 3.35. The molecule has 0 aliphatic rings. The zero-order valence-electron chi connectivity index (χ0n) is 10.1. The first-order valence-corrected chi connectivity index (χ1v) is 5.63. The maximum atomic E-state index is 11.7. The van der Waals surface area contributed by atoms with Gasteiger partial charge in [0.05, 0.1) is 12.1 Å². The highest BCUT2D eigenvalue weighted by Gasteiger charge is 2.19. The molecule has 0 saturated heterocycles. The fourth-order valence-electron chi connectivity index (χ4n) is 1.44. The number of rotatable bonds is 4. The Bertz CT molecular complexity index is 335. The summed E-state index contributed by atoms with van der Waals surface area (Å²) in [5.74, 6) is 0.0642. The SMILES string of the molecule is CC(C)[C@@H](N)C(=O)N[C@@H](C)c1ccccc1. The molecule has 88 valence electrons. The normalized spacial score (nSPS) is 14.6. The number of carbonyl (C=O) groups excluding carboxylic acids is 1. The molecule has 3 heteroatoms. The third-order valence-corrected chi connectivity index (χ3v) is 2.68. The van der Waals surface area contributed by atoms with Gasteiger partial charge in [0.1, 0.15) is 0 Å². The molecule has 1 rings (SSSR count). The summed E-state index contributed by atoms with van der Waals surface area (Å²) >= 11 is 0. The van der Waals surface area contributed by atoms with E-state index >= 15 is 0 Å². The van der Waals surface area contributed by atoms with Gasteiger partial charge < -0.3 is 11.1 Å². The highest BCUT2D eigenvalue weighted by molar-refractivity contribution is 5.82. The van der Waals surface area contributed by atoms with E-state index in [1.54, 1.807) is 0 Å². The lowest BCUT2D eigenvalue weighted by Crippen LogP contribution is -2.44. The van der Waals surface area contributed by atoms with Gasteiger partial charge in [-0.2, -0.15) is 0 Å². The standard InChI is InChI=1S/C13H20N2O/c1-9(2)12(14)13(16)15-10(3)11-7-5-4-6-8-11/h4-10,12H,14H2,1-3H3,(H,15,16)/t10-,12+/m0/s1. The molecule has 2 atom stereocenters. The van der Waals surface area contributed by atoms with Crippen LogP contribution in [0, 0.1) is 5.92 Å². The van der Waals surface area contributed by atoms with Crippen molar-refractivity contribution >= 4 is 5.91 Å². The quantitative estimate of drug-likeness (QED) is 0.813. The lowest BCUT2D eigenvalue weighted by molar-refractivity contribution is -0.123. The van der Waals surface area contributed by atoms with Gasteiger partial charge in [0.2, 0.25) is 5.91 Å². The summed E-state index contributed by atoms with van der Waals surface area (Å²) in [5.41, 5.74) is 6.86. The fraction of sp³-hybridized carbons (Fsp3) is 0.462. The Kier molecular flexibility index (Phi) is 4.50. The van der Waals surface area contributed by atoms with Crippen LogP contribution in [-0.2, 0) is 4.79 Å². The van der Waals surface area contributed by atoms with E-state index < -0.39 is 6.04 Å². The van der Waals surface area contributed by atoms with Gasteiger partial charge in [0.15, 0.2) is 0 Å². The van der Waals surface area contributed by atoms with Crippen molar-refractivity contribution < 1.29 is 4.79 Å². The molecule has 0 fully saturated rings. The van der Waals surface area contributed by atoms with Crippen LogP contribution < -0.4 is 11.1 Å². The lowest BCUT2D eigenvalue weighted by Gasteiger charge is -2.19. The Morgan fingerprint density at radius 1 is 1.19 bits per heavy atom. The maximum absolute atomic E-state index is 11.7. The van der Waals surface area contributed by atoms with Crippen molar-refractivity contribution in [2.75, 3.05) is 0 Å². The molecule has 1 aromatic carbocycles. The van der Waals surface area contributed by atoms with E-state index in [-0.39, 0.29) is 17.9 Å². The lowest BCUT2D eigenvalue weighted by atomic mass is 10.0. The number of hydrogen-bond acceptors (Lipinski definition) is 2. The van der Waals surface area contributed by atoms with Crippen LogP contribution in [0.25, 0.3) is 0 Å². The molecule has 3 N–H and O–H groups in total. The van der Waals surface area contributed by atoms with Crippen molar-refractivity contribution in [2.24, 2.45) is 11.7 Å². The Morgan fingerprint density at radius 3 is 2.25 bits per heavy atom. The van der Waals surface area contributed by atoms with Crippen molar-refractivity contribution in [2.45, 2.75) is 32.9 Å². The minimum absolute atomic E-state index is 0.00139. The van der Waals surface area contributed by atoms with Crippen LogP contribution in [0.4, 0.5) is 0 Å². The van der Waals surface area contributed by atoms with Crippen molar-refractivity contribution in [1.29, 1.82) is 0 Å². The number of nitrogens with two attached hydrogens (primary N) is 1. The fourth-order valence-corrected chi connectivity index (χ4v) is 1.44. The van der Waals surface area contributed by atoms with E-state index in [0.717, 1.165) is 5.56 Å². The molecule has 16 heavy (non-hydrogen) atoms. The molecule has 3 nitrogen and oxygen atoms in total. The molecule has 0 aliphatic heterocycles. The molecule has 0 bridgehead atoms. The van der Waals surface area contributed by atoms with Crippen LogP contribution in [0.15, 0.2) is 30.3 Å². The predicted octanol–water partition coefficient (Wildman–Crippen LogP) is 1.85. The van der Waals surface area contributed by atoms with Crippen molar-refractivity contribution in [3.05, 3.63) is 35.9 Å². The highest BCUT2D eigenvalue weighted by Crippen LogP contribution is 2.11. The van der Waals surface area contributed by atoms with Gasteiger partial charge in [0, 0.05) is 0 Å². The molecular weight excluding hydrogens is 200 g/mol. The zero-order chi connectivity index (χ0) is 12.1. The second-order valence-electron chi connectivity index (χ2n) is 4.41. The summed E-state index contributed by atoms with van der Waals surface area (Å²) in [6.45, 7) is 5.84. The van der Waals surface area contributed by atoms with E-state index in [4.69, 9.17) is 5.73 Å². The second kappa shape index (κ2) is 5.66. The zero-order valence-corrected chi connectivity index (χ0v) is 10.1. The van der Waals surface area contributed by atoms with Crippen molar-refractivity contribution in [1.82, 2.24) is 5.32 Å². The highest BCUT2D eigenvalue weighted by atomic mass is 16.2. The monoisotopic (exact) mass is 220 g/mol. The number of hydrogen-bond donors (Lipinski definition) is 2. The first-order valence-electron chi connectivity index (χ1n) is 5.63. The average molecular weight is 220 g/mol. The first-order chi connectivity index (χ1) is 7.52. The average Bonchev–Trinajstić information content (AvgIpc) is 2.28. The van der Waals surface area contributed by atoms with Gasteiger partial charge in [-0.15, -0.1) is 0 Å². The maximum Gasteiger partial charge on any atom is 0.237 e. The van der Waals surface area contributed by atoms with Crippen LogP contribution in [-0.4, -0.2) is 11.9 Å². The van der Waals surface area contributed by atoms with E-state index in [0.29, 0.717) is 0 Å². The van der Waals surface area contributed by atoms with Crippen LogP contribution in [0.2, 0.25) is 0 Å². The van der Waals surface area contributed by atoms with Crippen LogP contribution in [0.3, 0.4) is 0 Å². The molecule has 1 amide bonds. The van der Waals surface area contributed by atoms with Gasteiger partial charge in [-0.3, -0.25) is 4.79 Å². The summed E-state index contributed by atoms with van der Waals surface area (Å²) in [6.07, 6.45) is 0. The summed E-state index contributed by atoms with van der Waals surface area (Å²) in [5, 5.41) is 2.91. The van der Waals surface area contributed by atoms with Gasteiger partial charge in [-0.25, -0.2) is 0 Å². The summed E-state index contributed by atoms with van der Waals surface area (Å²) < 4.78 is 0.